The van der Waals surface area contributed by atoms with E-state index in [2.05, 4.69) is 22.2 Å². The summed E-state index contributed by atoms with van der Waals surface area (Å²) in [4.78, 5) is 26.6. The molecule has 0 aromatic carbocycles. The molecule has 1 aromatic heterocycles. The lowest BCUT2D eigenvalue weighted by Crippen LogP contribution is -2.11. The molecule has 0 unspecified atom stereocenters. The minimum Gasteiger partial charge on any atom is -0.478 e. The SMILES string of the molecule is O=C(O)c1cnc(=S)[nH]c1C(=O)O. The van der Waals surface area contributed by atoms with E-state index in [0.29, 0.717) is 0 Å². The number of nitrogens with zero attached hydrogens (tertiary/aromatic N) is 1. The molecule has 0 spiro atoms. The standard InChI is InChI=1S/C6H4N2O4S/c9-4(10)2-1-7-6(13)8-3(2)5(11)12/h1H,(H,9,10)(H,11,12)(H,7,8,13). The summed E-state index contributed by atoms with van der Waals surface area (Å²) in [6.07, 6.45) is 0.907. The first-order valence-corrected chi connectivity index (χ1v) is 3.49. The van der Waals surface area contributed by atoms with Crippen LogP contribution in [0.5, 0.6) is 0 Å². The zero-order valence-electron chi connectivity index (χ0n) is 6.14. The van der Waals surface area contributed by atoms with E-state index in [9.17, 15) is 9.59 Å². The van der Waals surface area contributed by atoms with Gasteiger partial charge in [0.1, 0.15) is 11.3 Å². The summed E-state index contributed by atoms with van der Waals surface area (Å²) in [5.74, 6) is -2.75. The molecule has 1 aromatic rings. The summed E-state index contributed by atoms with van der Waals surface area (Å²) in [5.41, 5.74) is -0.881. The maximum atomic E-state index is 10.5. The number of H-pyrrole nitrogens is 1. The number of hydrogen-bond acceptors (Lipinski definition) is 4. The van der Waals surface area contributed by atoms with E-state index in [1.165, 1.54) is 0 Å². The molecule has 0 amide bonds. The van der Waals surface area contributed by atoms with E-state index < -0.39 is 23.2 Å². The number of carboxylic acid groups (broad SMARTS) is 2. The lowest BCUT2D eigenvalue weighted by molar-refractivity contribution is 0.0645. The van der Waals surface area contributed by atoms with Crippen LogP contribution >= 0.6 is 12.2 Å². The van der Waals surface area contributed by atoms with Gasteiger partial charge in [0, 0.05) is 6.20 Å². The summed E-state index contributed by atoms with van der Waals surface area (Å²) in [5, 5.41) is 17.1. The van der Waals surface area contributed by atoms with Crippen LogP contribution in [0.1, 0.15) is 20.8 Å². The van der Waals surface area contributed by atoms with E-state index in [1.54, 1.807) is 0 Å². The fraction of sp³-hybridized carbons (Fsp3) is 0. The molecule has 1 rings (SSSR count). The van der Waals surface area contributed by atoms with Gasteiger partial charge in [-0.05, 0) is 12.2 Å². The molecule has 0 saturated heterocycles. The molecule has 0 atom stereocenters. The summed E-state index contributed by atoms with van der Waals surface area (Å²) in [6, 6.07) is 0. The molecular weight excluding hydrogens is 196 g/mol. The van der Waals surface area contributed by atoms with Gasteiger partial charge in [-0.3, -0.25) is 0 Å². The van der Waals surface area contributed by atoms with E-state index in [4.69, 9.17) is 10.2 Å². The summed E-state index contributed by atoms with van der Waals surface area (Å²) in [7, 11) is 0. The highest BCUT2D eigenvalue weighted by atomic mass is 32.1. The van der Waals surface area contributed by atoms with Crippen molar-refractivity contribution in [3.63, 3.8) is 0 Å². The second-order valence-corrected chi connectivity index (χ2v) is 2.47. The molecule has 7 heteroatoms. The molecule has 0 saturated carbocycles. The second-order valence-electron chi connectivity index (χ2n) is 2.09. The molecule has 0 radical (unpaired) electrons. The molecule has 6 nitrogen and oxygen atoms in total. The number of hydrogen-bond donors (Lipinski definition) is 3. The van der Waals surface area contributed by atoms with Crippen molar-refractivity contribution in [3.05, 3.63) is 22.2 Å². The van der Waals surface area contributed by atoms with Crippen LogP contribution in [0, 0.1) is 4.77 Å². The molecule has 3 N–H and O–H groups in total. The highest BCUT2D eigenvalue weighted by Gasteiger charge is 2.16. The van der Waals surface area contributed by atoms with Gasteiger partial charge >= 0.3 is 11.9 Å². The molecule has 0 aliphatic rings. The number of carboxylic acids is 2. The Bertz CT molecular complexity index is 425. The number of nitrogens with one attached hydrogen (secondary N) is 1. The van der Waals surface area contributed by atoms with Crippen LogP contribution in [0.15, 0.2) is 6.20 Å². The lowest BCUT2D eigenvalue weighted by atomic mass is 10.2. The van der Waals surface area contributed by atoms with Crippen molar-refractivity contribution in [2.75, 3.05) is 0 Å². The summed E-state index contributed by atoms with van der Waals surface area (Å²) in [6.45, 7) is 0. The highest BCUT2D eigenvalue weighted by molar-refractivity contribution is 7.71. The van der Waals surface area contributed by atoms with Gasteiger partial charge < -0.3 is 15.2 Å². The van der Waals surface area contributed by atoms with Crippen LogP contribution in [0.3, 0.4) is 0 Å². The number of aromatic nitrogens is 2. The zero-order chi connectivity index (χ0) is 10.0. The monoisotopic (exact) mass is 200 g/mol. The average molecular weight is 200 g/mol. The Balaban J connectivity index is 3.44. The Labute approximate surface area is 76.9 Å². The number of carbonyl (C=O) groups is 2. The van der Waals surface area contributed by atoms with Crippen molar-refractivity contribution in [2.24, 2.45) is 0 Å². The van der Waals surface area contributed by atoms with Gasteiger partial charge in [-0.1, -0.05) is 0 Å². The van der Waals surface area contributed by atoms with Gasteiger partial charge in [-0.15, -0.1) is 0 Å². The van der Waals surface area contributed by atoms with E-state index >= 15 is 0 Å². The minimum atomic E-state index is -1.38. The third-order valence-electron chi connectivity index (χ3n) is 1.26. The number of aromatic carboxylic acids is 2. The molecular formula is C6H4N2O4S. The normalized spacial score (nSPS) is 9.54. The van der Waals surface area contributed by atoms with Crippen LogP contribution < -0.4 is 0 Å². The molecule has 1 heterocycles. The van der Waals surface area contributed by atoms with Crippen LogP contribution in [-0.2, 0) is 0 Å². The van der Waals surface area contributed by atoms with Gasteiger partial charge in [-0.25, -0.2) is 14.6 Å². The topological polar surface area (TPSA) is 103 Å². The molecule has 0 fully saturated rings. The van der Waals surface area contributed by atoms with E-state index in [-0.39, 0.29) is 4.77 Å². The van der Waals surface area contributed by atoms with Crippen LogP contribution in [0.2, 0.25) is 0 Å². The first-order valence-electron chi connectivity index (χ1n) is 3.08. The predicted octanol–water partition coefficient (Wildman–Crippen LogP) is 0.536. The third kappa shape index (κ3) is 1.88. The quantitative estimate of drug-likeness (QED) is 0.602. The van der Waals surface area contributed by atoms with Crippen LogP contribution in [-0.4, -0.2) is 32.1 Å². The van der Waals surface area contributed by atoms with Crippen molar-refractivity contribution in [1.29, 1.82) is 0 Å². The Morgan fingerprint density at radius 3 is 2.46 bits per heavy atom. The van der Waals surface area contributed by atoms with Gasteiger partial charge in [0.25, 0.3) is 0 Å². The average Bonchev–Trinajstić information content (AvgIpc) is 2.03. The fourth-order valence-corrected chi connectivity index (χ4v) is 0.880. The van der Waals surface area contributed by atoms with Crippen molar-refractivity contribution in [1.82, 2.24) is 9.97 Å². The Morgan fingerprint density at radius 2 is 2.00 bits per heavy atom. The second kappa shape index (κ2) is 3.31. The molecule has 0 aliphatic heterocycles. The summed E-state index contributed by atoms with van der Waals surface area (Å²) >= 11 is 4.54. The first-order chi connectivity index (χ1) is 6.02. The van der Waals surface area contributed by atoms with Gasteiger partial charge in [0.2, 0.25) is 0 Å². The molecule has 0 bridgehead atoms. The van der Waals surface area contributed by atoms with Gasteiger partial charge in [-0.2, -0.15) is 0 Å². The maximum absolute atomic E-state index is 10.5. The Hall–Kier alpha value is -1.76. The van der Waals surface area contributed by atoms with Crippen molar-refractivity contribution < 1.29 is 19.8 Å². The van der Waals surface area contributed by atoms with E-state index in [0.717, 1.165) is 6.20 Å². The van der Waals surface area contributed by atoms with Crippen molar-refractivity contribution >= 4 is 24.2 Å². The summed E-state index contributed by atoms with van der Waals surface area (Å²) < 4.78 is -0.0672. The van der Waals surface area contributed by atoms with Crippen molar-refractivity contribution in [3.8, 4) is 0 Å². The Morgan fingerprint density at radius 1 is 1.38 bits per heavy atom. The van der Waals surface area contributed by atoms with Crippen LogP contribution in [0.4, 0.5) is 0 Å². The predicted molar refractivity (Wildman–Crippen MR) is 43.3 cm³/mol. The fourth-order valence-electron chi connectivity index (χ4n) is 0.725. The minimum absolute atomic E-state index is 0.0672. The molecule has 68 valence electrons. The largest absolute Gasteiger partial charge is 0.478 e. The number of rotatable bonds is 2. The van der Waals surface area contributed by atoms with Crippen molar-refractivity contribution in [2.45, 2.75) is 0 Å². The lowest BCUT2D eigenvalue weighted by Gasteiger charge is -1.98. The van der Waals surface area contributed by atoms with Gasteiger partial charge in [0.05, 0.1) is 0 Å². The molecule has 13 heavy (non-hydrogen) atoms. The highest BCUT2D eigenvalue weighted by Crippen LogP contribution is 2.03. The van der Waals surface area contributed by atoms with E-state index in [1.807, 2.05) is 0 Å². The zero-order valence-corrected chi connectivity index (χ0v) is 6.96. The number of aromatic amines is 1. The Kier molecular flexibility index (Phi) is 2.38. The first kappa shape index (κ1) is 9.33. The molecule has 0 aliphatic carbocycles. The third-order valence-corrected chi connectivity index (χ3v) is 1.46. The maximum Gasteiger partial charge on any atom is 0.353 e. The van der Waals surface area contributed by atoms with Crippen LogP contribution in [0.25, 0.3) is 0 Å². The van der Waals surface area contributed by atoms with Gasteiger partial charge in [0.15, 0.2) is 4.77 Å². The smallest absolute Gasteiger partial charge is 0.353 e.